The molecule has 0 saturated carbocycles. The molecule has 0 radical (unpaired) electrons. The fourth-order valence-electron chi connectivity index (χ4n) is 0.390. The molecule has 0 nitrogen and oxygen atoms in total. The van der Waals surface area contributed by atoms with Crippen LogP contribution in [0.4, 0.5) is 0 Å². The largest absolute Gasteiger partial charge is 0.290 e. The van der Waals surface area contributed by atoms with Crippen LogP contribution in [0.2, 0.25) is 6.32 Å². The van der Waals surface area contributed by atoms with E-state index in [1.165, 1.54) is 12.2 Å². The number of halogens is 1. The molecule has 0 bridgehead atoms. The van der Waals surface area contributed by atoms with Crippen LogP contribution in [-0.4, -0.2) is 4.29 Å². The van der Waals surface area contributed by atoms with E-state index in [0.717, 1.165) is 4.29 Å². The van der Waals surface area contributed by atoms with Crippen molar-refractivity contribution in [3.63, 3.8) is 0 Å². The highest BCUT2D eigenvalue weighted by atomic mass is 127. The summed E-state index contributed by atoms with van der Waals surface area (Å²) in [5, 5.41) is 0. The highest BCUT2D eigenvalue weighted by Crippen LogP contribution is 2.16. The monoisotopic (exact) mass is 227 g/mol. The smallest absolute Gasteiger partial charge is 0.155 e. The highest BCUT2D eigenvalue weighted by molar-refractivity contribution is 14.1. The second kappa shape index (κ2) is 4.02. The van der Waals surface area contributed by atoms with E-state index in [4.69, 9.17) is 0 Å². The maximum atomic E-state index is 2.77. The second-order valence-corrected chi connectivity index (χ2v) is 5.69. The van der Waals surface area contributed by atoms with Crippen molar-refractivity contribution in [3.05, 3.63) is 5.92 Å². The Bertz CT molecular complexity index is 41.0. The number of hydrogen-bond acceptors (Lipinski definition) is 0. The summed E-state index contributed by atoms with van der Waals surface area (Å²) in [7, 11) is 2.77. The van der Waals surface area contributed by atoms with E-state index in [0.29, 0.717) is 0 Å². The number of hydrogen-bond donors (Lipinski definition) is 0. The molecule has 40 valence electrons. The summed E-state index contributed by atoms with van der Waals surface area (Å²) in [5.74, 6) is 1.51. The molecule has 0 aliphatic carbocycles. The van der Waals surface area contributed by atoms with Gasteiger partial charge in [0.2, 0.25) is 0 Å². The fraction of sp³-hybridized carbons (Fsp3) is 0.750. The van der Waals surface area contributed by atoms with Crippen molar-refractivity contribution in [1.29, 1.82) is 0 Å². The predicted molar refractivity (Wildman–Crippen MR) is 48.9 cm³/mol. The molecule has 1 unspecified atom stereocenters. The lowest BCUT2D eigenvalue weighted by Crippen LogP contribution is -1.93. The summed E-state index contributed by atoms with van der Waals surface area (Å²) in [6.45, 7) is 4.32. The van der Waals surface area contributed by atoms with E-state index >= 15 is 0 Å². The minimum Gasteiger partial charge on any atom is -0.155 e. The van der Waals surface area contributed by atoms with Gasteiger partial charge in [-0.15, -0.1) is 22.4 Å². The first-order valence-corrected chi connectivity index (χ1v) is 4.23. The summed E-state index contributed by atoms with van der Waals surface area (Å²) in [6.07, 6.45) is 1.23. The molecule has 3 heteroatoms. The van der Waals surface area contributed by atoms with Gasteiger partial charge < -0.3 is 0 Å². The lowest BCUT2D eigenvalue weighted by Gasteiger charge is -1.90. The zero-order chi connectivity index (χ0) is 5.86. The molecule has 0 aromatic carbocycles. The molecule has 0 aliphatic heterocycles. The van der Waals surface area contributed by atoms with Crippen molar-refractivity contribution in [1.82, 2.24) is 0 Å². The van der Waals surface area contributed by atoms with Gasteiger partial charge in [-0.2, -0.15) is 9.12 Å². The van der Waals surface area contributed by atoms with Crippen LogP contribution in [0.5, 0.6) is 0 Å². The van der Waals surface area contributed by atoms with Gasteiger partial charge in [-0.1, -0.05) is 0 Å². The predicted octanol–water partition coefficient (Wildman–Crippen LogP) is 2.40. The normalized spacial score (nSPS) is 8.57. The first-order valence-electron chi connectivity index (χ1n) is 2.31. The van der Waals surface area contributed by atoms with Gasteiger partial charge in [0.1, 0.15) is 0 Å². The van der Waals surface area contributed by atoms with Crippen LogP contribution < -0.4 is 0 Å². The van der Waals surface area contributed by atoms with Crippen molar-refractivity contribution in [2.75, 3.05) is 0 Å². The Morgan fingerprint density at radius 1 is 1.71 bits per heavy atom. The van der Waals surface area contributed by atoms with E-state index in [1.54, 1.807) is 0 Å². The Balaban J connectivity index is 2.95. The van der Waals surface area contributed by atoms with Crippen LogP contribution >= 0.6 is 31.5 Å². The molecule has 0 amide bonds. The van der Waals surface area contributed by atoms with E-state index in [1.807, 2.05) is 0 Å². The first-order chi connectivity index (χ1) is 3.13. The van der Waals surface area contributed by atoms with Crippen LogP contribution in [0.1, 0.15) is 13.8 Å². The zero-order valence-corrected chi connectivity index (χ0v) is 8.05. The Morgan fingerprint density at radius 2 is 2.14 bits per heavy atom. The third-order valence-corrected chi connectivity index (χ3v) is 1.28. The summed E-state index contributed by atoms with van der Waals surface area (Å²) in [5.41, 5.74) is 0. The lowest BCUT2D eigenvalue weighted by molar-refractivity contribution is 1.10. The quantitative estimate of drug-likeness (QED) is 0.294. The van der Waals surface area contributed by atoms with Gasteiger partial charge in [-0.05, 0) is 0 Å². The zero-order valence-electron chi connectivity index (χ0n) is 4.74. The highest BCUT2D eigenvalue weighted by Gasteiger charge is 2.11. The Morgan fingerprint density at radius 3 is 2.14 bits per heavy atom. The molecule has 1 atom stereocenters. The van der Waals surface area contributed by atoms with Crippen molar-refractivity contribution < 1.29 is 0 Å². The summed E-state index contributed by atoms with van der Waals surface area (Å²) >= 11 is 2.40. The van der Waals surface area contributed by atoms with E-state index < -0.39 is 0 Å². The third-order valence-electron chi connectivity index (χ3n) is 0.603. The maximum absolute atomic E-state index is 2.77. The van der Waals surface area contributed by atoms with E-state index in [-0.39, 0.29) is 0 Å². The Labute approximate surface area is 61.9 Å². The number of rotatable bonds is 2. The summed E-state index contributed by atoms with van der Waals surface area (Å²) < 4.78 is 0.725. The van der Waals surface area contributed by atoms with Crippen LogP contribution in [0, 0.1) is 5.92 Å². The van der Waals surface area contributed by atoms with Crippen LogP contribution in [0.25, 0.3) is 0 Å². The van der Waals surface area contributed by atoms with Gasteiger partial charge >= 0.3 is 0 Å². The standard InChI is InChI=1S/C4H10BIP/c1-4(2)3-5(6)7/h3,7H2,1-2H3/q+1. The molecule has 0 saturated heterocycles. The van der Waals surface area contributed by atoms with Crippen molar-refractivity contribution in [3.8, 4) is 0 Å². The molecule has 0 aromatic rings. The van der Waals surface area contributed by atoms with Gasteiger partial charge in [-0.3, -0.25) is 0 Å². The van der Waals surface area contributed by atoms with E-state index in [9.17, 15) is 0 Å². The molecular weight excluding hydrogens is 217 g/mol. The summed E-state index contributed by atoms with van der Waals surface area (Å²) in [6, 6.07) is 0. The minimum absolute atomic E-state index is 0.725. The molecule has 0 aromatic heterocycles. The molecule has 0 heterocycles. The van der Waals surface area contributed by atoms with Crippen LogP contribution in [0.15, 0.2) is 0 Å². The van der Waals surface area contributed by atoms with Gasteiger partial charge in [-0.25, -0.2) is 0 Å². The third kappa shape index (κ3) is 7.09. The Hall–Kier alpha value is 1.09. The van der Waals surface area contributed by atoms with Gasteiger partial charge in [0.25, 0.3) is 4.29 Å². The summed E-state index contributed by atoms with van der Waals surface area (Å²) in [4.78, 5) is 0. The molecule has 0 rings (SSSR count). The fourth-order valence-corrected chi connectivity index (χ4v) is 1.74. The second-order valence-electron chi connectivity index (χ2n) is 1.93. The van der Waals surface area contributed by atoms with Gasteiger partial charge in [0.15, 0.2) is 0 Å². The molecule has 0 N–H and O–H groups in total. The van der Waals surface area contributed by atoms with E-state index in [2.05, 4.69) is 45.3 Å². The van der Waals surface area contributed by atoms with Crippen LogP contribution in [0.3, 0.4) is 0 Å². The maximum Gasteiger partial charge on any atom is 0.290 e. The molecule has 0 fully saturated rings. The first kappa shape index (κ1) is 8.09. The van der Waals surface area contributed by atoms with Gasteiger partial charge in [0, 0.05) is 0 Å². The van der Waals surface area contributed by atoms with Gasteiger partial charge in [0.05, 0.1) is 26.1 Å². The topological polar surface area (TPSA) is 0 Å². The molecule has 0 spiro atoms. The van der Waals surface area contributed by atoms with Crippen molar-refractivity contribution >= 4 is 35.8 Å². The minimum atomic E-state index is 0.725. The Kier molecular flexibility index (Phi) is 4.65. The average molecular weight is 227 g/mol. The molecule has 7 heavy (non-hydrogen) atoms. The van der Waals surface area contributed by atoms with Crippen molar-refractivity contribution in [2.24, 2.45) is 0 Å². The SMILES string of the molecule is C[C+](C)CB(P)I. The van der Waals surface area contributed by atoms with Crippen LogP contribution in [-0.2, 0) is 0 Å². The lowest BCUT2D eigenvalue weighted by atomic mass is 9.92. The average Bonchev–Trinajstić information content (AvgIpc) is 1.27. The molecule has 0 aliphatic rings. The van der Waals surface area contributed by atoms with Crippen molar-refractivity contribution in [2.45, 2.75) is 20.2 Å². The molecular formula is C4H10BIP+.